The summed E-state index contributed by atoms with van der Waals surface area (Å²) in [5, 5.41) is 10.6. The molecule has 4 heterocycles. The van der Waals surface area contributed by atoms with Crippen LogP contribution in [0.4, 0.5) is 5.69 Å². The van der Waals surface area contributed by atoms with Crippen LogP contribution in [0.1, 0.15) is 28.8 Å². The molecule has 0 saturated carbocycles. The van der Waals surface area contributed by atoms with E-state index in [-0.39, 0.29) is 18.2 Å². The van der Waals surface area contributed by atoms with E-state index in [1.54, 1.807) is 35.3 Å². The van der Waals surface area contributed by atoms with Crippen LogP contribution in [-0.4, -0.2) is 48.6 Å². The Morgan fingerprint density at radius 3 is 2.73 bits per heavy atom. The van der Waals surface area contributed by atoms with Crippen molar-refractivity contribution in [3.8, 4) is 17.1 Å². The summed E-state index contributed by atoms with van der Waals surface area (Å²) >= 11 is 0. The van der Waals surface area contributed by atoms with E-state index in [0.717, 1.165) is 5.56 Å². The maximum atomic E-state index is 13.0. The van der Waals surface area contributed by atoms with E-state index in [1.807, 2.05) is 12.1 Å². The second-order valence-electron chi connectivity index (χ2n) is 7.27. The zero-order chi connectivity index (χ0) is 20.8. The van der Waals surface area contributed by atoms with Gasteiger partial charge in [-0.3, -0.25) is 24.7 Å². The molecule has 0 aliphatic carbocycles. The number of nitrogens with zero attached hydrogens (tertiary/aromatic N) is 5. The number of carbonyl (C=O) groups excluding carboxylic acids is 3. The van der Waals surface area contributed by atoms with Gasteiger partial charge < -0.3 is 10.6 Å². The number of imide groups is 1. The number of benzene rings is 1. The molecule has 2 aromatic heterocycles. The first-order chi connectivity index (χ1) is 14.5. The average Bonchev–Trinajstić information content (AvgIpc) is 3.34. The third-order valence-corrected chi connectivity index (χ3v) is 5.32. The lowest BCUT2D eigenvalue weighted by molar-refractivity contribution is -0.136. The van der Waals surface area contributed by atoms with E-state index in [2.05, 4.69) is 20.6 Å². The van der Waals surface area contributed by atoms with E-state index in [0.29, 0.717) is 41.3 Å². The SMILES string of the molecule is Nc1ccc(-c2cn(-c3ccc4c(c3)C(=O)N(C3CCC(=O)NC3=O)C4)nn2)nc1. The molecule has 2 aliphatic rings. The highest BCUT2D eigenvalue weighted by atomic mass is 16.2. The van der Waals surface area contributed by atoms with E-state index < -0.39 is 11.9 Å². The van der Waals surface area contributed by atoms with Gasteiger partial charge in [-0.25, -0.2) is 4.68 Å². The van der Waals surface area contributed by atoms with Crippen LogP contribution in [0.15, 0.2) is 42.7 Å². The van der Waals surface area contributed by atoms with Crippen LogP contribution >= 0.6 is 0 Å². The number of anilines is 1. The van der Waals surface area contributed by atoms with Crippen LogP contribution in [0, 0.1) is 0 Å². The number of pyridine rings is 1. The molecular formula is C20H17N7O3. The van der Waals surface area contributed by atoms with Crippen LogP contribution in [0.2, 0.25) is 0 Å². The first kappa shape index (κ1) is 18.0. The van der Waals surface area contributed by atoms with Gasteiger partial charge in [0.05, 0.1) is 29.5 Å². The topological polar surface area (TPSA) is 136 Å². The molecule has 1 aromatic carbocycles. The van der Waals surface area contributed by atoms with Crippen LogP contribution < -0.4 is 11.1 Å². The lowest BCUT2D eigenvalue weighted by Crippen LogP contribution is -2.52. The second kappa shape index (κ2) is 6.76. The Bertz CT molecular complexity index is 1190. The van der Waals surface area contributed by atoms with Gasteiger partial charge in [-0.15, -0.1) is 5.10 Å². The molecule has 30 heavy (non-hydrogen) atoms. The highest BCUT2D eigenvalue weighted by Crippen LogP contribution is 2.29. The largest absolute Gasteiger partial charge is 0.397 e. The Morgan fingerprint density at radius 2 is 1.97 bits per heavy atom. The van der Waals surface area contributed by atoms with Crippen molar-refractivity contribution in [2.75, 3.05) is 5.73 Å². The minimum atomic E-state index is -0.638. The van der Waals surface area contributed by atoms with E-state index in [1.165, 1.54) is 4.90 Å². The summed E-state index contributed by atoms with van der Waals surface area (Å²) < 4.78 is 1.57. The Labute approximate surface area is 170 Å². The number of amides is 3. The Hall–Kier alpha value is -4.08. The van der Waals surface area contributed by atoms with Gasteiger partial charge in [-0.1, -0.05) is 11.3 Å². The summed E-state index contributed by atoms with van der Waals surface area (Å²) in [5.41, 5.74) is 9.45. The maximum Gasteiger partial charge on any atom is 0.255 e. The van der Waals surface area contributed by atoms with Gasteiger partial charge in [0.1, 0.15) is 11.7 Å². The number of aromatic nitrogens is 4. The summed E-state index contributed by atoms with van der Waals surface area (Å²) in [6.45, 7) is 0.332. The quantitative estimate of drug-likeness (QED) is 0.614. The number of hydrogen-bond donors (Lipinski definition) is 2. The molecule has 1 unspecified atom stereocenters. The molecule has 3 aromatic rings. The highest BCUT2D eigenvalue weighted by Gasteiger charge is 2.39. The van der Waals surface area contributed by atoms with Crippen molar-refractivity contribution in [3.05, 3.63) is 53.9 Å². The molecule has 2 aliphatic heterocycles. The number of piperidine rings is 1. The van der Waals surface area contributed by atoms with Crippen molar-refractivity contribution in [1.82, 2.24) is 30.2 Å². The lowest BCUT2D eigenvalue weighted by atomic mass is 10.0. The predicted octanol–water partition coefficient (Wildman–Crippen LogP) is 0.672. The van der Waals surface area contributed by atoms with Gasteiger partial charge in [-0.2, -0.15) is 0 Å². The summed E-state index contributed by atoms with van der Waals surface area (Å²) in [4.78, 5) is 42.3. The van der Waals surface area contributed by atoms with Gasteiger partial charge in [-0.05, 0) is 36.2 Å². The van der Waals surface area contributed by atoms with Crippen molar-refractivity contribution in [3.63, 3.8) is 0 Å². The Balaban J connectivity index is 1.41. The second-order valence-corrected chi connectivity index (χ2v) is 7.27. The molecule has 5 rings (SSSR count). The molecule has 3 N–H and O–H groups in total. The number of nitrogen functional groups attached to an aromatic ring is 1. The smallest absolute Gasteiger partial charge is 0.255 e. The fourth-order valence-corrected chi connectivity index (χ4v) is 3.75. The number of nitrogens with one attached hydrogen (secondary N) is 1. The molecule has 3 amide bonds. The highest BCUT2D eigenvalue weighted by molar-refractivity contribution is 6.05. The van der Waals surface area contributed by atoms with Crippen molar-refractivity contribution < 1.29 is 14.4 Å². The van der Waals surface area contributed by atoms with Gasteiger partial charge in [0.15, 0.2) is 0 Å². The predicted molar refractivity (Wildman–Crippen MR) is 105 cm³/mol. The van der Waals surface area contributed by atoms with Crippen molar-refractivity contribution >= 4 is 23.4 Å². The summed E-state index contributed by atoms with van der Waals surface area (Å²) in [6.07, 6.45) is 3.82. The molecule has 0 bridgehead atoms. The molecule has 10 nitrogen and oxygen atoms in total. The first-order valence-corrected chi connectivity index (χ1v) is 9.42. The zero-order valence-corrected chi connectivity index (χ0v) is 15.8. The van der Waals surface area contributed by atoms with E-state index in [9.17, 15) is 14.4 Å². The maximum absolute atomic E-state index is 13.0. The number of fused-ring (bicyclic) bond motifs is 1. The van der Waals surface area contributed by atoms with Gasteiger partial charge in [0, 0.05) is 18.5 Å². The third-order valence-electron chi connectivity index (χ3n) is 5.32. The fourth-order valence-electron chi connectivity index (χ4n) is 3.75. The minimum Gasteiger partial charge on any atom is -0.397 e. The first-order valence-electron chi connectivity index (χ1n) is 9.42. The monoisotopic (exact) mass is 403 g/mol. The number of nitrogens with two attached hydrogens (primary N) is 1. The summed E-state index contributed by atoms with van der Waals surface area (Å²) in [5.74, 6) is -0.966. The Morgan fingerprint density at radius 1 is 1.10 bits per heavy atom. The van der Waals surface area contributed by atoms with Gasteiger partial charge in [0.2, 0.25) is 11.8 Å². The van der Waals surface area contributed by atoms with Crippen molar-refractivity contribution in [2.45, 2.75) is 25.4 Å². The standard InChI is InChI=1S/C20H17N7O3/c21-12-2-4-15(22-8-12)16-10-27(25-24-16)13-3-1-11-9-26(20(30)14(11)7-13)17-5-6-18(28)23-19(17)29/h1-4,7-8,10,17H,5-6,9,21H2,(H,23,28,29). The van der Waals surface area contributed by atoms with Gasteiger partial charge in [0.25, 0.3) is 5.91 Å². The minimum absolute atomic E-state index is 0.225. The fraction of sp³-hybridized carbons (Fsp3) is 0.200. The number of hydrogen-bond acceptors (Lipinski definition) is 7. The summed E-state index contributed by atoms with van der Waals surface area (Å²) in [6, 6.07) is 8.28. The molecule has 1 saturated heterocycles. The molecule has 1 atom stereocenters. The van der Waals surface area contributed by atoms with Crippen LogP contribution in [0.3, 0.4) is 0 Å². The number of rotatable bonds is 3. The number of carbonyl (C=O) groups is 3. The van der Waals surface area contributed by atoms with Crippen LogP contribution in [-0.2, 0) is 16.1 Å². The van der Waals surface area contributed by atoms with E-state index in [4.69, 9.17) is 5.73 Å². The molecule has 0 radical (unpaired) electrons. The van der Waals surface area contributed by atoms with Crippen molar-refractivity contribution in [2.24, 2.45) is 0 Å². The molecule has 10 heteroatoms. The average molecular weight is 403 g/mol. The molecule has 1 fully saturated rings. The zero-order valence-electron chi connectivity index (χ0n) is 15.8. The Kier molecular flexibility index (Phi) is 4.05. The van der Waals surface area contributed by atoms with Gasteiger partial charge >= 0.3 is 0 Å². The molecular weight excluding hydrogens is 386 g/mol. The molecule has 150 valence electrons. The molecule has 0 spiro atoms. The van der Waals surface area contributed by atoms with Crippen LogP contribution in [0.5, 0.6) is 0 Å². The van der Waals surface area contributed by atoms with E-state index >= 15 is 0 Å². The normalized spacial score (nSPS) is 18.5. The third kappa shape index (κ3) is 2.98. The van der Waals surface area contributed by atoms with Crippen molar-refractivity contribution in [1.29, 1.82) is 0 Å². The lowest BCUT2D eigenvalue weighted by Gasteiger charge is -2.29. The van der Waals surface area contributed by atoms with Crippen LogP contribution in [0.25, 0.3) is 17.1 Å². The summed E-state index contributed by atoms with van der Waals surface area (Å²) in [7, 11) is 0.